The molecule has 0 bridgehead atoms. The summed E-state index contributed by atoms with van der Waals surface area (Å²) in [4.78, 5) is 22.0. The van der Waals surface area contributed by atoms with Gasteiger partial charge in [0.25, 0.3) is 15.7 Å². The summed E-state index contributed by atoms with van der Waals surface area (Å²) in [7, 11) is -4.12. The van der Waals surface area contributed by atoms with Crippen molar-refractivity contribution in [2.75, 3.05) is 15.4 Å². The van der Waals surface area contributed by atoms with Crippen LogP contribution in [0.5, 0.6) is 0 Å². The van der Waals surface area contributed by atoms with Crippen molar-refractivity contribution in [1.29, 1.82) is 0 Å². The van der Waals surface area contributed by atoms with Crippen LogP contribution in [0.15, 0.2) is 77.7 Å². The van der Waals surface area contributed by atoms with Crippen LogP contribution in [0.4, 0.5) is 31.9 Å². The first-order chi connectivity index (χ1) is 14.3. The number of sulfonamides is 1. The molecule has 0 saturated carbocycles. The average molecular weight is 430 g/mol. The Balaban J connectivity index is 1.67. The van der Waals surface area contributed by atoms with Crippen molar-refractivity contribution in [1.82, 2.24) is 0 Å². The highest BCUT2D eigenvalue weighted by Gasteiger charge is 2.19. The van der Waals surface area contributed by atoms with Crippen molar-refractivity contribution in [2.45, 2.75) is 4.90 Å². The highest BCUT2D eigenvalue weighted by atomic mass is 32.2. The summed E-state index contributed by atoms with van der Waals surface area (Å²) >= 11 is 0. The number of para-hydroxylation sites is 2. The highest BCUT2D eigenvalue weighted by molar-refractivity contribution is 7.92. The second kappa shape index (κ2) is 8.57. The van der Waals surface area contributed by atoms with Crippen LogP contribution in [0.3, 0.4) is 0 Å². The smallest absolute Gasteiger partial charge is 0.308 e. The van der Waals surface area contributed by atoms with E-state index < -0.39 is 31.7 Å². The minimum Gasteiger partial charge on any atom is -0.308 e. The number of carbonyl (C=O) groups is 1. The fourth-order valence-electron chi connectivity index (χ4n) is 2.52. The van der Waals surface area contributed by atoms with Gasteiger partial charge in [0.1, 0.15) is 16.4 Å². The molecule has 9 nitrogen and oxygen atoms in total. The Labute approximate surface area is 170 Å². The first-order valence-corrected chi connectivity index (χ1v) is 9.93. The number of carbonyl (C=O) groups excluding carboxylic acids is 1. The average Bonchev–Trinajstić information content (AvgIpc) is 2.69. The van der Waals surface area contributed by atoms with Crippen molar-refractivity contribution in [3.05, 3.63) is 88.7 Å². The van der Waals surface area contributed by atoms with Crippen molar-refractivity contribution < 1.29 is 22.5 Å². The fraction of sp³-hybridized carbons (Fsp3) is 0. The zero-order valence-corrected chi connectivity index (χ0v) is 16.0. The number of anilines is 3. The predicted octanol–water partition coefficient (Wildman–Crippen LogP) is 4.18. The van der Waals surface area contributed by atoms with Crippen LogP contribution in [-0.2, 0) is 10.0 Å². The number of hydrogen-bond donors (Lipinski definition) is 3. The van der Waals surface area contributed by atoms with Crippen LogP contribution in [-0.4, -0.2) is 19.4 Å². The Hall–Kier alpha value is -3.99. The number of nitrogens with one attached hydrogen (secondary N) is 3. The summed E-state index contributed by atoms with van der Waals surface area (Å²) in [6.45, 7) is 0. The molecule has 154 valence electrons. The molecule has 0 aliphatic heterocycles. The molecule has 3 N–H and O–H groups in total. The third-order valence-corrected chi connectivity index (χ3v) is 5.28. The van der Waals surface area contributed by atoms with E-state index in [1.165, 1.54) is 54.6 Å². The van der Waals surface area contributed by atoms with E-state index in [9.17, 15) is 27.7 Å². The van der Waals surface area contributed by atoms with Gasteiger partial charge in [-0.1, -0.05) is 24.3 Å². The van der Waals surface area contributed by atoms with Gasteiger partial charge in [-0.05, 0) is 42.5 Å². The van der Waals surface area contributed by atoms with E-state index in [-0.39, 0.29) is 17.1 Å². The Morgan fingerprint density at radius 3 is 2.13 bits per heavy atom. The fourth-order valence-corrected chi connectivity index (χ4v) is 3.66. The van der Waals surface area contributed by atoms with Gasteiger partial charge in [0.2, 0.25) is 0 Å². The van der Waals surface area contributed by atoms with Crippen molar-refractivity contribution >= 4 is 38.8 Å². The zero-order chi connectivity index (χ0) is 21.7. The van der Waals surface area contributed by atoms with Gasteiger partial charge in [-0.3, -0.25) is 14.8 Å². The maximum atomic E-state index is 13.7. The van der Waals surface area contributed by atoms with E-state index in [2.05, 4.69) is 15.4 Å². The lowest BCUT2D eigenvalue weighted by molar-refractivity contribution is -0.383. The lowest BCUT2D eigenvalue weighted by Crippen LogP contribution is -2.20. The van der Waals surface area contributed by atoms with E-state index in [0.29, 0.717) is 5.69 Å². The standard InChI is InChI=1S/C19H15FN4O5S/c20-15-5-1-4-8-18(15)30(28,29)23-14-11-9-13(10-12-14)21-19(25)22-16-6-2-3-7-17(16)24(26)27/h1-12,23H,(H2,21,22,25). The van der Waals surface area contributed by atoms with E-state index in [4.69, 9.17) is 0 Å². The van der Waals surface area contributed by atoms with Gasteiger partial charge in [-0.25, -0.2) is 17.6 Å². The van der Waals surface area contributed by atoms with E-state index in [1.54, 1.807) is 6.07 Å². The normalized spacial score (nSPS) is 10.8. The minimum atomic E-state index is -4.12. The third kappa shape index (κ3) is 4.89. The molecule has 0 atom stereocenters. The molecule has 0 aliphatic carbocycles. The molecule has 3 aromatic rings. The predicted molar refractivity (Wildman–Crippen MR) is 109 cm³/mol. The van der Waals surface area contributed by atoms with Gasteiger partial charge in [-0.2, -0.15) is 0 Å². The van der Waals surface area contributed by atoms with Crippen LogP contribution in [0.2, 0.25) is 0 Å². The van der Waals surface area contributed by atoms with Crippen LogP contribution in [0, 0.1) is 15.9 Å². The monoisotopic (exact) mass is 430 g/mol. The highest BCUT2D eigenvalue weighted by Crippen LogP contribution is 2.24. The number of rotatable bonds is 6. The molecule has 0 saturated heterocycles. The summed E-state index contributed by atoms with van der Waals surface area (Å²) in [6, 6.07) is 15.5. The van der Waals surface area contributed by atoms with Crippen LogP contribution >= 0.6 is 0 Å². The van der Waals surface area contributed by atoms with Crippen LogP contribution in [0.1, 0.15) is 0 Å². The number of nitro benzene ring substituents is 1. The molecular weight excluding hydrogens is 415 g/mol. The molecular formula is C19H15FN4O5S. The van der Waals surface area contributed by atoms with Gasteiger partial charge in [0.15, 0.2) is 0 Å². The maximum absolute atomic E-state index is 13.7. The van der Waals surface area contributed by atoms with E-state index in [0.717, 1.165) is 12.1 Å². The van der Waals surface area contributed by atoms with E-state index in [1.807, 2.05) is 0 Å². The van der Waals surface area contributed by atoms with Crippen LogP contribution in [0.25, 0.3) is 0 Å². The summed E-state index contributed by atoms with van der Waals surface area (Å²) in [5.41, 5.74) is 0.225. The summed E-state index contributed by atoms with van der Waals surface area (Å²) < 4.78 is 40.6. The number of urea groups is 1. The van der Waals surface area contributed by atoms with E-state index >= 15 is 0 Å². The molecule has 3 rings (SSSR count). The Kier molecular flexibility index (Phi) is 5.93. The number of hydrogen-bond acceptors (Lipinski definition) is 5. The number of nitrogens with zero attached hydrogens (tertiary/aromatic N) is 1. The lowest BCUT2D eigenvalue weighted by atomic mass is 10.2. The minimum absolute atomic E-state index is 0.0225. The lowest BCUT2D eigenvalue weighted by Gasteiger charge is -2.11. The summed E-state index contributed by atoms with van der Waals surface area (Å²) in [5.74, 6) is -0.880. The molecule has 0 radical (unpaired) electrons. The molecule has 0 fully saturated rings. The first-order valence-electron chi connectivity index (χ1n) is 8.45. The van der Waals surface area contributed by atoms with Crippen molar-refractivity contribution in [2.24, 2.45) is 0 Å². The molecule has 0 aliphatic rings. The maximum Gasteiger partial charge on any atom is 0.323 e. The Morgan fingerprint density at radius 1 is 0.867 bits per heavy atom. The summed E-state index contributed by atoms with van der Waals surface area (Å²) in [6.07, 6.45) is 0. The van der Waals surface area contributed by atoms with Crippen molar-refractivity contribution in [3.8, 4) is 0 Å². The second-order valence-corrected chi connectivity index (χ2v) is 7.62. The molecule has 3 aromatic carbocycles. The summed E-state index contributed by atoms with van der Waals surface area (Å²) in [5, 5.41) is 15.8. The molecule has 0 spiro atoms. The molecule has 0 unspecified atom stereocenters. The molecule has 11 heteroatoms. The topological polar surface area (TPSA) is 130 Å². The Bertz CT molecular complexity index is 1200. The zero-order valence-electron chi connectivity index (χ0n) is 15.2. The number of amides is 2. The largest absolute Gasteiger partial charge is 0.323 e. The van der Waals surface area contributed by atoms with Gasteiger partial charge < -0.3 is 10.6 Å². The van der Waals surface area contributed by atoms with Gasteiger partial charge >= 0.3 is 6.03 Å². The van der Waals surface area contributed by atoms with Gasteiger partial charge in [0, 0.05) is 17.4 Å². The molecule has 2 amide bonds. The number of benzene rings is 3. The molecule has 30 heavy (non-hydrogen) atoms. The number of nitro groups is 1. The van der Waals surface area contributed by atoms with Gasteiger partial charge in [0.05, 0.1) is 4.92 Å². The van der Waals surface area contributed by atoms with Crippen molar-refractivity contribution in [3.63, 3.8) is 0 Å². The Morgan fingerprint density at radius 2 is 1.47 bits per heavy atom. The second-order valence-electron chi connectivity index (χ2n) is 5.97. The van der Waals surface area contributed by atoms with Crippen LogP contribution < -0.4 is 15.4 Å². The SMILES string of the molecule is O=C(Nc1ccc(NS(=O)(=O)c2ccccc2F)cc1)Nc1ccccc1[N+](=O)[O-]. The first kappa shape index (κ1) is 20.7. The third-order valence-electron chi connectivity index (χ3n) is 3.87. The molecule has 0 heterocycles. The van der Waals surface area contributed by atoms with Gasteiger partial charge in [-0.15, -0.1) is 0 Å². The quantitative estimate of drug-likeness (QED) is 0.399. The molecule has 0 aromatic heterocycles. The number of halogens is 1.